The van der Waals surface area contributed by atoms with E-state index >= 15 is 0 Å². The van der Waals surface area contributed by atoms with Gasteiger partial charge in [-0.05, 0) is 18.6 Å². The normalized spacial score (nSPS) is 11.6. The third-order valence-electron chi connectivity index (χ3n) is 3.30. The maximum Gasteiger partial charge on any atom is 0.307 e. The molecule has 0 unspecified atom stereocenters. The fourth-order valence-electron chi connectivity index (χ4n) is 2.00. The Bertz CT molecular complexity index is 732. The number of aromatic amines is 1. The zero-order chi connectivity index (χ0) is 16.8. The highest BCUT2D eigenvalue weighted by Crippen LogP contribution is 2.18. The van der Waals surface area contributed by atoms with Crippen molar-refractivity contribution in [1.82, 2.24) is 15.5 Å². The van der Waals surface area contributed by atoms with E-state index in [1.807, 2.05) is 31.2 Å². The van der Waals surface area contributed by atoms with Crippen molar-refractivity contribution in [3.8, 4) is 0 Å². The van der Waals surface area contributed by atoms with Crippen LogP contribution in [0, 0.1) is 6.92 Å². The molecule has 1 atom stereocenters. The Labute approximate surface area is 132 Å². The standard InChI is InChI=1S/C16H17N3O4/c1-10-3-5-11(6-4-10)13(9-15(21)23-2)17-16(22)12-7-8-14(20)19-18-12/h3-8,13H,9H2,1-2H3,(H,17,22)(H,19,20)/t13-/m1/s1. The number of amides is 1. The second-order valence-electron chi connectivity index (χ2n) is 5.02. The second-order valence-corrected chi connectivity index (χ2v) is 5.02. The summed E-state index contributed by atoms with van der Waals surface area (Å²) in [4.78, 5) is 34.8. The first-order chi connectivity index (χ1) is 11.0. The monoisotopic (exact) mass is 315 g/mol. The molecule has 0 saturated carbocycles. The van der Waals surface area contributed by atoms with Gasteiger partial charge in [0.25, 0.3) is 11.5 Å². The summed E-state index contributed by atoms with van der Waals surface area (Å²) in [6.07, 6.45) is -0.00530. The van der Waals surface area contributed by atoms with E-state index in [0.29, 0.717) is 0 Å². The van der Waals surface area contributed by atoms with E-state index in [1.165, 1.54) is 19.2 Å². The number of nitrogens with zero attached hydrogens (tertiary/aromatic N) is 1. The average Bonchev–Trinajstić information content (AvgIpc) is 2.55. The van der Waals surface area contributed by atoms with Gasteiger partial charge < -0.3 is 10.1 Å². The predicted molar refractivity (Wildman–Crippen MR) is 82.9 cm³/mol. The van der Waals surface area contributed by atoms with Gasteiger partial charge in [0.2, 0.25) is 0 Å². The molecule has 1 amide bonds. The zero-order valence-corrected chi connectivity index (χ0v) is 12.8. The molecule has 1 heterocycles. The number of methoxy groups -OCH3 is 1. The van der Waals surface area contributed by atoms with Crippen molar-refractivity contribution in [2.75, 3.05) is 7.11 Å². The van der Waals surface area contributed by atoms with Crippen LogP contribution in [-0.2, 0) is 9.53 Å². The lowest BCUT2D eigenvalue weighted by molar-refractivity contribution is -0.141. The molecule has 0 saturated heterocycles. The number of aryl methyl sites for hydroxylation is 1. The number of carbonyl (C=O) groups excluding carboxylic acids is 2. The molecule has 0 radical (unpaired) electrons. The van der Waals surface area contributed by atoms with E-state index in [-0.39, 0.29) is 12.1 Å². The fraction of sp³-hybridized carbons (Fsp3) is 0.250. The summed E-state index contributed by atoms with van der Waals surface area (Å²) in [6.45, 7) is 1.95. The summed E-state index contributed by atoms with van der Waals surface area (Å²) < 4.78 is 4.68. The summed E-state index contributed by atoms with van der Waals surface area (Å²) in [5, 5.41) is 8.60. The molecule has 1 aromatic heterocycles. The molecule has 7 nitrogen and oxygen atoms in total. The topological polar surface area (TPSA) is 101 Å². The van der Waals surface area contributed by atoms with E-state index in [0.717, 1.165) is 11.1 Å². The van der Waals surface area contributed by atoms with Gasteiger partial charge in [0.05, 0.1) is 19.6 Å². The molecule has 0 spiro atoms. The van der Waals surface area contributed by atoms with Crippen LogP contribution in [0.15, 0.2) is 41.2 Å². The van der Waals surface area contributed by atoms with Crippen LogP contribution in [0.5, 0.6) is 0 Å². The summed E-state index contributed by atoms with van der Waals surface area (Å²) in [5.74, 6) is -0.930. The number of rotatable bonds is 5. The lowest BCUT2D eigenvalue weighted by Crippen LogP contribution is -2.31. The lowest BCUT2D eigenvalue weighted by Gasteiger charge is -2.18. The third kappa shape index (κ3) is 4.50. The van der Waals surface area contributed by atoms with Gasteiger partial charge in [-0.25, -0.2) is 5.10 Å². The highest BCUT2D eigenvalue weighted by atomic mass is 16.5. The molecule has 0 fully saturated rings. The molecular formula is C16H17N3O4. The van der Waals surface area contributed by atoms with E-state index in [2.05, 4.69) is 20.3 Å². The molecule has 23 heavy (non-hydrogen) atoms. The van der Waals surface area contributed by atoms with Gasteiger partial charge in [-0.1, -0.05) is 29.8 Å². The number of H-pyrrole nitrogens is 1. The highest BCUT2D eigenvalue weighted by Gasteiger charge is 2.20. The summed E-state index contributed by atoms with van der Waals surface area (Å²) in [5.41, 5.74) is 1.51. The SMILES string of the molecule is COC(=O)C[C@@H](NC(=O)c1ccc(=O)[nH]n1)c1ccc(C)cc1. The van der Waals surface area contributed by atoms with Crippen LogP contribution in [0.3, 0.4) is 0 Å². The number of hydrogen-bond acceptors (Lipinski definition) is 5. The Kier molecular flexibility index (Phi) is 5.24. The van der Waals surface area contributed by atoms with E-state index < -0.39 is 23.5 Å². The summed E-state index contributed by atoms with van der Waals surface area (Å²) in [7, 11) is 1.29. The van der Waals surface area contributed by atoms with E-state index in [1.54, 1.807) is 0 Å². The second kappa shape index (κ2) is 7.35. The van der Waals surface area contributed by atoms with Crippen LogP contribution in [0.2, 0.25) is 0 Å². The summed E-state index contributed by atoms with van der Waals surface area (Å²) in [6, 6.07) is 9.44. The van der Waals surface area contributed by atoms with Crippen LogP contribution in [-0.4, -0.2) is 29.2 Å². The number of esters is 1. The maximum atomic E-state index is 12.2. The van der Waals surface area contributed by atoms with Crippen molar-refractivity contribution in [1.29, 1.82) is 0 Å². The Morgan fingerprint density at radius 2 is 1.91 bits per heavy atom. The van der Waals surface area contributed by atoms with Crippen molar-refractivity contribution in [3.63, 3.8) is 0 Å². The van der Waals surface area contributed by atoms with Gasteiger partial charge in [-0.15, -0.1) is 0 Å². The summed E-state index contributed by atoms with van der Waals surface area (Å²) >= 11 is 0. The predicted octanol–water partition coefficient (Wildman–Crippen LogP) is 1.11. The molecule has 1 aromatic carbocycles. The number of aromatic nitrogens is 2. The largest absolute Gasteiger partial charge is 0.469 e. The molecule has 120 valence electrons. The minimum absolute atomic E-state index is 0.00530. The molecule has 0 aliphatic rings. The number of hydrogen-bond donors (Lipinski definition) is 2. The van der Waals surface area contributed by atoms with Crippen LogP contribution < -0.4 is 10.9 Å². The molecule has 2 aromatic rings. The number of ether oxygens (including phenoxy) is 1. The third-order valence-corrected chi connectivity index (χ3v) is 3.30. The van der Waals surface area contributed by atoms with Crippen LogP contribution in [0.25, 0.3) is 0 Å². The minimum Gasteiger partial charge on any atom is -0.469 e. The lowest BCUT2D eigenvalue weighted by atomic mass is 10.0. The Balaban J connectivity index is 2.21. The van der Waals surface area contributed by atoms with Crippen LogP contribution in [0.1, 0.15) is 34.1 Å². The van der Waals surface area contributed by atoms with Gasteiger partial charge in [0.1, 0.15) is 5.69 Å². The number of carbonyl (C=O) groups is 2. The molecule has 2 N–H and O–H groups in total. The van der Waals surface area contributed by atoms with Gasteiger partial charge in [0.15, 0.2) is 0 Å². The zero-order valence-electron chi connectivity index (χ0n) is 12.8. The first-order valence-electron chi connectivity index (χ1n) is 6.99. The van der Waals surface area contributed by atoms with Gasteiger partial charge >= 0.3 is 5.97 Å². The molecule has 0 aliphatic carbocycles. The van der Waals surface area contributed by atoms with Crippen LogP contribution >= 0.6 is 0 Å². The fourth-order valence-corrected chi connectivity index (χ4v) is 2.00. The maximum absolute atomic E-state index is 12.2. The molecule has 2 rings (SSSR count). The Morgan fingerprint density at radius 3 is 2.48 bits per heavy atom. The quantitative estimate of drug-likeness (QED) is 0.805. The van der Waals surface area contributed by atoms with E-state index in [9.17, 15) is 14.4 Å². The van der Waals surface area contributed by atoms with Crippen LogP contribution in [0.4, 0.5) is 0 Å². The first kappa shape index (κ1) is 16.4. The molecule has 7 heteroatoms. The first-order valence-corrected chi connectivity index (χ1v) is 6.99. The Morgan fingerprint density at radius 1 is 1.22 bits per heavy atom. The molecule has 0 bridgehead atoms. The van der Waals surface area contributed by atoms with Crippen molar-refractivity contribution >= 4 is 11.9 Å². The van der Waals surface area contributed by atoms with E-state index in [4.69, 9.17) is 0 Å². The van der Waals surface area contributed by atoms with Crippen molar-refractivity contribution < 1.29 is 14.3 Å². The van der Waals surface area contributed by atoms with Crippen molar-refractivity contribution in [2.24, 2.45) is 0 Å². The van der Waals surface area contributed by atoms with Gasteiger partial charge in [0, 0.05) is 6.07 Å². The molecular weight excluding hydrogens is 298 g/mol. The smallest absolute Gasteiger partial charge is 0.307 e. The van der Waals surface area contributed by atoms with Crippen molar-refractivity contribution in [2.45, 2.75) is 19.4 Å². The van der Waals surface area contributed by atoms with Crippen molar-refractivity contribution in [3.05, 3.63) is 63.6 Å². The highest BCUT2D eigenvalue weighted by molar-refractivity contribution is 5.92. The minimum atomic E-state index is -0.552. The average molecular weight is 315 g/mol. The Hall–Kier alpha value is -2.96. The molecule has 0 aliphatic heterocycles. The number of nitrogens with one attached hydrogen (secondary N) is 2. The number of benzene rings is 1. The van der Waals surface area contributed by atoms with Gasteiger partial charge in [-0.3, -0.25) is 14.4 Å². The van der Waals surface area contributed by atoms with Gasteiger partial charge in [-0.2, -0.15) is 5.10 Å².